The van der Waals surface area contributed by atoms with E-state index in [2.05, 4.69) is 20.8 Å². The first-order valence-electron chi connectivity index (χ1n) is 6.60. The fourth-order valence-electron chi connectivity index (χ4n) is 1.84. The summed E-state index contributed by atoms with van der Waals surface area (Å²) in [7, 11) is 0. The van der Waals surface area contributed by atoms with Crippen LogP contribution < -0.4 is 11.5 Å². The predicted octanol–water partition coefficient (Wildman–Crippen LogP) is 2.36. The van der Waals surface area contributed by atoms with E-state index in [1.807, 2.05) is 20.8 Å². The Morgan fingerprint density at radius 1 is 1.17 bits per heavy atom. The highest BCUT2D eigenvalue weighted by Crippen LogP contribution is 2.33. The van der Waals surface area contributed by atoms with Gasteiger partial charge in [-0.1, -0.05) is 41.5 Å². The minimum atomic E-state index is -1.19. The number of nitrogens with two attached hydrogens (primary N) is 2. The predicted molar refractivity (Wildman–Crippen MR) is 75.3 cm³/mol. The number of carboxylic acid groups (broad SMARTS) is 1. The molecule has 0 fully saturated rings. The van der Waals surface area contributed by atoms with Gasteiger partial charge >= 0.3 is 5.97 Å². The van der Waals surface area contributed by atoms with E-state index >= 15 is 0 Å². The van der Waals surface area contributed by atoms with Crippen molar-refractivity contribution in [2.24, 2.45) is 22.3 Å². The number of hydrogen-bond donors (Lipinski definition) is 3. The molecule has 1 unspecified atom stereocenters. The molecule has 4 nitrogen and oxygen atoms in total. The van der Waals surface area contributed by atoms with E-state index in [1.54, 1.807) is 0 Å². The molecule has 0 aliphatic carbocycles. The summed E-state index contributed by atoms with van der Waals surface area (Å²) >= 11 is 0. The smallest absolute Gasteiger partial charge is 0.324 e. The maximum Gasteiger partial charge on any atom is 0.324 e. The first-order chi connectivity index (χ1) is 7.82. The van der Waals surface area contributed by atoms with E-state index in [0.717, 1.165) is 12.8 Å². The maximum absolute atomic E-state index is 11.4. The summed E-state index contributed by atoms with van der Waals surface area (Å²) in [6, 6.07) is 0.0653. The highest BCUT2D eigenvalue weighted by molar-refractivity contribution is 5.79. The summed E-state index contributed by atoms with van der Waals surface area (Å²) in [5, 5.41) is 9.34. The van der Waals surface area contributed by atoms with E-state index < -0.39 is 16.9 Å². The second kappa shape index (κ2) is 5.57. The number of hydrogen-bond acceptors (Lipinski definition) is 3. The normalized spacial score (nSPS) is 18.2. The Labute approximate surface area is 111 Å². The molecule has 0 saturated carbocycles. The van der Waals surface area contributed by atoms with Gasteiger partial charge in [-0.05, 0) is 30.1 Å². The molecule has 0 heterocycles. The molecule has 0 radical (unpaired) electrons. The van der Waals surface area contributed by atoms with Gasteiger partial charge in [0.25, 0.3) is 0 Å². The average Bonchev–Trinajstić information content (AvgIpc) is 2.13. The lowest BCUT2D eigenvalue weighted by Crippen LogP contribution is -2.57. The zero-order valence-corrected chi connectivity index (χ0v) is 12.7. The summed E-state index contributed by atoms with van der Waals surface area (Å²) in [6.07, 6.45) is 1.99. The van der Waals surface area contributed by atoms with Crippen molar-refractivity contribution >= 4 is 5.97 Å². The molecule has 108 valence electrons. The highest BCUT2D eigenvalue weighted by Gasteiger charge is 2.44. The molecule has 5 N–H and O–H groups in total. The lowest BCUT2D eigenvalue weighted by atomic mass is 9.71. The van der Waals surface area contributed by atoms with Crippen LogP contribution in [0.5, 0.6) is 0 Å². The Balaban J connectivity index is 4.55. The Morgan fingerprint density at radius 3 is 1.89 bits per heavy atom. The van der Waals surface area contributed by atoms with Crippen LogP contribution in [-0.4, -0.2) is 22.7 Å². The molecule has 0 spiro atoms. The third-order valence-electron chi connectivity index (χ3n) is 3.92. The van der Waals surface area contributed by atoms with Gasteiger partial charge in [0, 0.05) is 6.04 Å². The number of rotatable bonds is 5. The minimum absolute atomic E-state index is 0.0439. The summed E-state index contributed by atoms with van der Waals surface area (Å²) < 4.78 is 0. The van der Waals surface area contributed by atoms with Gasteiger partial charge in [0.05, 0.1) is 0 Å². The summed E-state index contributed by atoms with van der Waals surface area (Å²) in [6.45, 7) is 11.9. The first kappa shape index (κ1) is 17.4. The molecule has 0 aromatic rings. The molecule has 0 bridgehead atoms. The number of carbonyl (C=O) groups is 1. The summed E-state index contributed by atoms with van der Waals surface area (Å²) in [4.78, 5) is 11.4. The fraction of sp³-hybridized carbons (Fsp3) is 0.929. The van der Waals surface area contributed by atoms with Gasteiger partial charge in [0.1, 0.15) is 5.54 Å². The Bertz CT molecular complexity index is 289. The van der Waals surface area contributed by atoms with Crippen molar-refractivity contribution in [1.29, 1.82) is 0 Å². The van der Waals surface area contributed by atoms with Crippen molar-refractivity contribution in [3.05, 3.63) is 0 Å². The topological polar surface area (TPSA) is 89.3 Å². The molecule has 0 aliphatic rings. The number of carboxylic acids is 1. The van der Waals surface area contributed by atoms with Crippen LogP contribution in [0, 0.1) is 10.8 Å². The lowest BCUT2D eigenvalue weighted by molar-refractivity contribution is -0.148. The first-order valence-corrected chi connectivity index (χ1v) is 6.60. The molecule has 0 aromatic heterocycles. The van der Waals surface area contributed by atoms with Crippen molar-refractivity contribution in [3.8, 4) is 0 Å². The third-order valence-corrected chi connectivity index (χ3v) is 3.92. The van der Waals surface area contributed by atoms with Gasteiger partial charge in [0.2, 0.25) is 0 Å². The van der Waals surface area contributed by atoms with Crippen LogP contribution >= 0.6 is 0 Å². The quantitative estimate of drug-likeness (QED) is 0.706. The molecule has 0 aliphatic heterocycles. The second-order valence-electron chi connectivity index (χ2n) is 7.39. The van der Waals surface area contributed by atoms with Crippen LogP contribution in [0.3, 0.4) is 0 Å². The van der Waals surface area contributed by atoms with Crippen LogP contribution in [0.4, 0.5) is 0 Å². The summed E-state index contributed by atoms with van der Waals surface area (Å²) in [5.41, 5.74) is 10.5. The van der Waals surface area contributed by atoms with Gasteiger partial charge in [-0.3, -0.25) is 4.79 Å². The highest BCUT2D eigenvalue weighted by atomic mass is 16.4. The third kappa shape index (κ3) is 4.25. The van der Waals surface area contributed by atoms with E-state index in [4.69, 9.17) is 11.5 Å². The average molecular weight is 258 g/mol. The molecule has 0 saturated heterocycles. The molecular formula is C14H30N2O2. The number of aliphatic carboxylic acids is 1. The van der Waals surface area contributed by atoms with Crippen LogP contribution in [0.25, 0.3) is 0 Å². The van der Waals surface area contributed by atoms with E-state index in [1.165, 1.54) is 0 Å². The van der Waals surface area contributed by atoms with Crippen LogP contribution in [0.1, 0.15) is 60.8 Å². The SMILES string of the molecule is CC(C)(C)C(N)CCC[C@](N)(C(=O)O)C(C)(C)C. The summed E-state index contributed by atoms with van der Waals surface area (Å²) in [5.74, 6) is -0.931. The monoisotopic (exact) mass is 258 g/mol. The van der Waals surface area contributed by atoms with E-state index in [-0.39, 0.29) is 11.5 Å². The Hall–Kier alpha value is -0.610. The second-order valence-corrected chi connectivity index (χ2v) is 7.39. The Kier molecular flexibility index (Phi) is 5.39. The maximum atomic E-state index is 11.4. The van der Waals surface area contributed by atoms with Crippen LogP contribution in [-0.2, 0) is 4.79 Å². The Morgan fingerprint density at radius 2 is 1.61 bits per heavy atom. The van der Waals surface area contributed by atoms with E-state index in [0.29, 0.717) is 6.42 Å². The van der Waals surface area contributed by atoms with Crippen molar-refractivity contribution < 1.29 is 9.90 Å². The van der Waals surface area contributed by atoms with Crippen molar-refractivity contribution in [2.45, 2.75) is 72.4 Å². The van der Waals surface area contributed by atoms with Crippen molar-refractivity contribution in [1.82, 2.24) is 0 Å². The standard InChI is InChI=1S/C14H30N2O2/c1-12(2,3)10(15)8-7-9-14(16,11(17)18)13(4,5)6/h10H,7-9,15-16H2,1-6H3,(H,17,18)/t10?,14-/m0/s1. The molecule has 0 rings (SSSR count). The van der Waals surface area contributed by atoms with Gasteiger partial charge in [-0.2, -0.15) is 0 Å². The molecule has 0 amide bonds. The minimum Gasteiger partial charge on any atom is -0.480 e. The molecule has 18 heavy (non-hydrogen) atoms. The van der Waals surface area contributed by atoms with Crippen LogP contribution in [0.15, 0.2) is 0 Å². The van der Waals surface area contributed by atoms with Crippen LogP contribution in [0.2, 0.25) is 0 Å². The van der Waals surface area contributed by atoms with Crippen molar-refractivity contribution in [3.63, 3.8) is 0 Å². The lowest BCUT2D eigenvalue weighted by Gasteiger charge is -2.38. The van der Waals surface area contributed by atoms with Gasteiger partial charge in [0.15, 0.2) is 0 Å². The zero-order chi connectivity index (χ0) is 14.8. The molecule has 0 aromatic carbocycles. The fourth-order valence-corrected chi connectivity index (χ4v) is 1.84. The van der Waals surface area contributed by atoms with Gasteiger partial charge < -0.3 is 16.6 Å². The molecular weight excluding hydrogens is 228 g/mol. The largest absolute Gasteiger partial charge is 0.480 e. The van der Waals surface area contributed by atoms with Gasteiger partial charge in [-0.25, -0.2) is 0 Å². The molecule has 2 atom stereocenters. The van der Waals surface area contributed by atoms with Crippen molar-refractivity contribution in [2.75, 3.05) is 0 Å². The molecule has 4 heteroatoms. The van der Waals surface area contributed by atoms with Gasteiger partial charge in [-0.15, -0.1) is 0 Å². The van der Waals surface area contributed by atoms with E-state index in [9.17, 15) is 9.90 Å². The zero-order valence-electron chi connectivity index (χ0n) is 12.7.